The first-order valence-electron chi connectivity index (χ1n) is 7.37. The molecular weight excluding hydrogens is 244 g/mol. The van der Waals surface area contributed by atoms with Crippen molar-refractivity contribution in [3.8, 4) is 0 Å². The molecule has 108 valence electrons. The van der Waals surface area contributed by atoms with Gasteiger partial charge in [-0.05, 0) is 44.9 Å². The first-order chi connectivity index (χ1) is 8.72. The van der Waals surface area contributed by atoms with Gasteiger partial charge in [-0.2, -0.15) is 0 Å². The third-order valence-corrected chi connectivity index (χ3v) is 5.94. The summed E-state index contributed by atoms with van der Waals surface area (Å²) >= 11 is 0. The van der Waals surface area contributed by atoms with Crippen LogP contribution in [-0.4, -0.2) is 33.5 Å². The van der Waals surface area contributed by atoms with Crippen molar-refractivity contribution in [2.45, 2.75) is 63.8 Å². The van der Waals surface area contributed by atoms with Gasteiger partial charge in [0.1, 0.15) is 6.10 Å². The van der Waals surface area contributed by atoms with Crippen LogP contribution in [0, 0.1) is 23.7 Å². The zero-order valence-corrected chi connectivity index (χ0v) is 11.9. The van der Waals surface area contributed by atoms with Crippen LogP contribution in [0.15, 0.2) is 0 Å². The minimum absolute atomic E-state index is 0.0643. The number of ether oxygens (including phenoxy) is 1. The van der Waals surface area contributed by atoms with Crippen LogP contribution in [0.4, 0.5) is 0 Å². The summed E-state index contributed by atoms with van der Waals surface area (Å²) in [7, 11) is 0. The standard InChI is InChI=1S/C15H24O4/c1-8-9-6-11-10(4-5-14(11,2)17)15(3,18)7-12(9)19-13(8)16/h8-12,17-18H,4-7H2,1-3H3. The average Bonchev–Trinajstić information content (AvgIpc) is 2.66. The molecule has 19 heavy (non-hydrogen) atoms. The van der Waals surface area contributed by atoms with Gasteiger partial charge in [0, 0.05) is 12.3 Å². The molecule has 0 aromatic carbocycles. The first-order valence-corrected chi connectivity index (χ1v) is 7.37. The first kappa shape index (κ1) is 13.4. The van der Waals surface area contributed by atoms with Crippen LogP contribution < -0.4 is 0 Å². The average molecular weight is 268 g/mol. The van der Waals surface area contributed by atoms with Crippen molar-refractivity contribution in [2.24, 2.45) is 23.7 Å². The molecule has 2 aliphatic carbocycles. The third kappa shape index (κ3) is 1.91. The lowest BCUT2D eigenvalue weighted by atomic mass is 9.75. The van der Waals surface area contributed by atoms with Crippen molar-refractivity contribution in [3.63, 3.8) is 0 Å². The van der Waals surface area contributed by atoms with Crippen molar-refractivity contribution < 1.29 is 19.7 Å². The lowest BCUT2D eigenvalue weighted by Gasteiger charge is -2.35. The summed E-state index contributed by atoms with van der Waals surface area (Å²) in [5.74, 6) is 0.0461. The van der Waals surface area contributed by atoms with Gasteiger partial charge in [0.05, 0.1) is 17.1 Å². The molecule has 1 aliphatic heterocycles. The quantitative estimate of drug-likeness (QED) is 0.653. The molecule has 0 bridgehead atoms. The zero-order chi connectivity index (χ0) is 14.0. The fourth-order valence-electron chi connectivity index (χ4n) is 4.67. The molecule has 7 unspecified atom stereocenters. The smallest absolute Gasteiger partial charge is 0.309 e. The van der Waals surface area contributed by atoms with E-state index in [1.165, 1.54) is 0 Å². The van der Waals surface area contributed by atoms with Crippen LogP contribution in [0.3, 0.4) is 0 Å². The topological polar surface area (TPSA) is 66.8 Å². The van der Waals surface area contributed by atoms with Gasteiger partial charge in [0.2, 0.25) is 0 Å². The van der Waals surface area contributed by atoms with Gasteiger partial charge < -0.3 is 14.9 Å². The van der Waals surface area contributed by atoms with E-state index >= 15 is 0 Å². The Bertz CT molecular complexity index is 401. The fourth-order valence-corrected chi connectivity index (χ4v) is 4.67. The lowest BCUT2D eigenvalue weighted by Crippen LogP contribution is -2.41. The van der Waals surface area contributed by atoms with Crippen LogP contribution in [0.5, 0.6) is 0 Å². The van der Waals surface area contributed by atoms with Crippen molar-refractivity contribution in [3.05, 3.63) is 0 Å². The van der Waals surface area contributed by atoms with Gasteiger partial charge in [0.25, 0.3) is 0 Å². The Morgan fingerprint density at radius 2 is 1.89 bits per heavy atom. The second-order valence-electron chi connectivity index (χ2n) is 7.33. The maximum Gasteiger partial charge on any atom is 0.309 e. The molecule has 1 heterocycles. The summed E-state index contributed by atoms with van der Waals surface area (Å²) in [5, 5.41) is 21.4. The number of carbonyl (C=O) groups excluding carboxylic acids is 1. The van der Waals surface area contributed by atoms with Gasteiger partial charge >= 0.3 is 5.97 Å². The Balaban J connectivity index is 1.95. The van der Waals surface area contributed by atoms with Crippen LogP contribution in [0.2, 0.25) is 0 Å². The van der Waals surface area contributed by atoms with E-state index in [1.807, 2.05) is 20.8 Å². The van der Waals surface area contributed by atoms with Crippen molar-refractivity contribution >= 4 is 5.97 Å². The molecule has 3 aliphatic rings. The molecule has 3 rings (SSSR count). The van der Waals surface area contributed by atoms with Gasteiger partial charge in [0.15, 0.2) is 0 Å². The molecule has 2 N–H and O–H groups in total. The Morgan fingerprint density at radius 1 is 1.21 bits per heavy atom. The molecule has 0 spiro atoms. The number of hydrogen-bond donors (Lipinski definition) is 2. The van der Waals surface area contributed by atoms with E-state index in [2.05, 4.69) is 0 Å². The number of esters is 1. The summed E-state index contributed by atoms with van der Waals surface area (Å²) in [6, 6.07) is 0. The zero-order valence-electron chi connectivity index (χ0n) is 11.9. The van der Waals surface area contributed by atoms with E-state index in [0.29, 0.717) is 6.42 Å². The Labute approximate surface area is 114 Å². The predicted octanol–water partition coefficient (Wildman–Crippen LogP) is 1.49. The number of rotatable bonds is 0. The van der Waals surface area contributed by atoms with Gasteiger partial charge in [-0.15, -0.1) is 0 Å². The normalized spacial score (nSPS) is 57.3. The molecule has 0 radical (unpaired) electrons. The van der Waals surface area contributed by atoms with E-state index < -0.39 is 11.2 Å². The minimum atomic E-state index is -0.852. The fraction of sp³-hybridized carbons (Fsp3) is 0.933. The highest BCUT2D eigenvalue weighted by molar-refractivity contribution is 5.74. The van der Waals surface area contributed by atoms with Crippen molar-refractivity contribution in [2.75, 3.05) is 0 Å². The number of hydrogen-bond acceptors (Lipinski definition) is 4. The largest absolute Gasteiger partial charge is 0.462 e. The van der Waals surface area contributed by atoms with Crippen molar-refractivity contribution in [1.82, 2.24) is 0 Å². The van der Waals surface area contributed by atoms with E-state index in [0.717, 1.165) is 19.3 Å². The van der Waals surface area contributed by atoms with Crippen LogP contribution in [0.25, 0.3) is 0 Å². The summed E-state index contributed by atoms with van der Waals surface area (Å²) < 4.78 is 5.45. The third-order valence-electron chi connectivity index (χ3n) is 5.94. The molecule has 4 heteroatoms. The Kier molecular flexibility index (Phi) is 2.78. The molecule has 1 saturated heterocycles. The Hall–Kier alpha value is -0.610. The van der Waals surface area contributed by atoms with Crippen LogP contribution in [-0.2, 0) is 9.53 Å². The van der Waals surface area contributed by atoms with Gasteiger partial charge in [-0.25, -0.2) is 0 Å². The summed E-state index contributed by atoms with van der Waals surface area (Å²) in [6.45, 7) is 5.62. The predicted molar refractivity (Wildman–Crippen MR) is 69.2 cm³/mol. The second kappa shape index (κ2) is 3.95. The van der Waals surface area contributed by atoms with E-state index in [4.69, 9.17) is 4.74 Å². The van der Waals surface area contributed by atoms with Crippen molar-refractivity contribution in [1.29, 1.82) is 0 Å². The monoisotopic (exact) mass is 268 g/mol. The maximum absolute atomic E-state index is 11.8. The van der Waals surface area contributed by atoms with Gasteiger partial charge in [-0.1, -0.05) is 6.92 Å². The van der Waals surface area contributed by atoms with Gasteiger partial charge in [-0.3, -0.25) is 4.79 Å². The molecular formula is C15H24O4. The number of aliphatic hydroxyl groups is 2. The SMILES string of the molecule is CC1C(=O)OC2CC(C)(O)C3CCC(C)(O)C3CC21. The highest BCUT2D eigenvalue weighted by Gasteiger charge is 2.58. The maximum atomic E-state index is 11.8. The Morgan fingerprint density at radius 3 is 2.58 bits per heavy atom. The highest BCUT2D eigenvalue weighted by Crippen LogP contribution is 2.54. The summed E-state index contributed by atoms with van der Waals surface area (Å²) in [6.07, 6.45) is 2.70. The molecule has 3 fully saturated rings. The molecule has 0 aromatic heterocycles. The highest BCUT2D eigenvalue weighted by atomic mass is 16.6. The van der Waals surface area contributed by atoms with E-state index in [9.17, 15) is 15.0 Å². The van der Waals surface area contributed by atoms with E-state index in [-0.39, 0.29) is 35.7 Å². The van der Waals surface area contributed by atoms with E-state index in [1.54, 1.807) is 0 Å². The molecule has 0 amide bonds. The minimum Gasteiger partial charge on any atom is -0.462 e. The molecule has 2 saturated carbocycles. The summed E-state index contributed by atoms with van der Waals surface area (Å²) in [5.41, 5.74) is -1.58. The van der Waals surface area contributed by atoms with Crippen LogP contribution >= 0.6 is 0 Å². The molecule has 7 atom stereocenters. The number of fused-ring (bicyclic) bond motifs is 2. The summed E-state index contributed by atoms with van der Waals surface area (Å²) in [4.78, 5) is 11.8. The number of carbonyl (C=O) groups is 1. The van der Waals surface area contributed by atoms with Crippen LogP contribution in [0.1, 0.15) is 46.5 Å². The second-order valence-corrected chi connectivity index (χ2v) is 7.33. The molecule has 4 nitrogen and oxygen atoms in total. The molecule has 0 aromatic rings. The lowest BCUT2D eigenvalue weighted by molar-refractivity contribution is -0.146.